The van der Waals surface area contributed by atoms with Crippen LogP contribution in [-0.2, 0) is 9.47 Å². The highest BCUT2D eigenvalue weighted by molar-refractivity contribution is 5.69. The molecule has 0 amide bonds. The van der Waals surface area contributed by atoms with Gasteiger partial charge in [-0.15, -0.1) is 0 Å². The molecule has 6 atom stereocenters. The molecule has 2 heterocycles. The average molecular weight is 451 g/mol. The fourth-order valence-electron chi connectivity index (χ4n) is 3.63. The highest BCUT2D eigenvalue weighted by Gasteiger charge is 2.46. The molecule has 0 aliphatic carbocycles. The number of phenolic OH excluding ortho intramolecular Hbond substituents is 4. The largest absolute Gasteiger partial charge is 0.571 e. The monoisotopic (exact) mass is 451 g/mol. The molecule has 4 unspecified atom stereocenters. The molecule has 2 aromatic carbocycles. The highest BCUT2D eigenvalue weighted by atomic mass is 16.7. The zero-order valence-electron chi connectivity index (χ0n) is 16.5. The molecule has 2 aliphatic rings. The minimum atomic E-state index is -1.68. The van der Waals surface area contributed by atoms with Crippen LogP contribution in [-0.4, -0.2) is 82.9 Å². The SMILES string of the molecule is OCC1O[C@@H](OC2=Cc3c(O)cc(O)cc3[OH+]C2c2ccc(O)c(O)c2)C(O)C(O)[C@@H]1O. The van der Waals surface area contributed by atoms with Crippen molar-refractivity contribution < 1.29 is 55.1 Å². The quantitative estimate of drug-likeness (QED) is 0.225. The first kappa shape index (κ1) is 22.0. The average Bonchev–Trinajstić information content (AvgIpc) is 2.76. The normalized spacial score (nSPS) is 29.6. The van der Waals surface area contributed by atoms with Crippen LogP contribution in [0.1, 0.15) is 17.2 Å². The van der Waals surface area contributed by atoms with Crippen molar-refractivity contribution in [3.05, 3.63) is 47.2 Å². The van der Waals surface area contributed by atoms with Crippen molar-refractivity contribution in [3.63, 3.8) is 0 Å². The number of hydrogen-bond acceptors (Lipinski definition) is 10. The van der Waals surface area contributed by atoms with Gasteiger partial charge in [0.1, 0.15) is 41.5 Å². The molecule has 1 saturated heterocycles. The Balaban J connectivity index is 1.74. The van der Waals surface area contributed by atoms with Crippen LogP contribution in [0.4, 0.5) is 0 Å². The maximum atomic E-state index is 10.3. The molecule has 32 heavy (non-hydrogen) atoms. The van der Waals surface area contributed by atoms with E-state index in [4.69, 9.17) is 9.47 Å². The van der Waals surface area contributed by atoms with E-state index in [1.165, 1.54) is 30.3 Å². The van der Waals surface area contributed by atoms with E-state index in [0.29, 0.717) is 5.56 Å². The summed E-state index contributed by atoms with van der Waals surface area (Å²) in [5.41, 5.74) is 0.547. The molecule has 0 radical (unpaired) electrons. The maximum absolute atomic E-state index is 10.3. The van der Waals surface area contributed by atoms with Crippen LogP contribution in [0.3, 0.4) is 0 Å². The Morgan fingerprint density at radius 3 is 2.31 bits per heavy atom. The molecular formula is C21H23O11+. The van der Waals surface area contributed by atoms with E-state index in [1.54, 1.807) is 0 Å². The Bertz CT molecular complexity index is 1030. The molecule has 4 rings (SSSR count). The van der Waals surface area contributed by atoms with E-state index < -0.39 is 49.2 Å². The van der Waals surface area contributed by atoms with Crippen molar-refractivity contribution in [3.8, 4) is 28.7 Å². The molecule has 2 aromatic rings. The number of fused-ring (bicyclic) bond motifs is 1. The smallest absolute Gasteiger partial charge is 0.270 e. The number of phenols is 4. The lowest BCUT2D eigenvalue weighted by atomic mass is 9.98. The van der Waals surface area contributed by atoms with Crippen LogP contribution in [0, 0.1) is 0 Å². The predicted molar refractivity (Wildman–Crippen MR) is 107 cm³/mol. The van der Waals surface area contributed by atoms with Crippen LogP contribution in [0.5, 0.6) is 28.7 Å². The lowest BCUT2D eigenvalue weighted by Gasteiger charge is -2.40. The second-order valence-corrected chi connectivity index (χ2v) is 7.54. The van der Waals surface area contributed by atoms with Gasteiger partial charge in [-0.1, -0.05) is 0 Å². The number of rotatable bonds is 4. The minimum Gasteiger partial charge on any atom is -0.571 e. The van der Waals surface area contributed by atoms with Crippen LogP contribution in [0.25, 0.3) is 6.08 Å². The first-order valence-corrected chi connectivity index (χ1v) is 9.67. The van der Waals surface area contributed by atoms with Gasteiger partial charge in [0.25, 0.3) is 11.9 Å². The van der Waals surface area contributed by atoms with Crippen molar-refractivity contribution in [2.75, 3.05) is 6.61 Å². The number of aliphatic hydroxyl groups excluding tert-OH is 4. The Morgan fingerprint density at radius 2 is 1.62 bits per heavy atom. The Hall–Kier alpha value is -3.22. The number of ether oxygens (including phenoxy) is 3. The van der Waals surface area contributed by atoms with Crippen molar-refractivity contribution >= 4 is 6.08 Å². The molecule has 1 fully saturated rings. The zero-order chi connectivity index (χ0) is 23.2. The van der Waals surface area contributed by atoms with Crippen molar-refractivity contribution in [1.29, 1.82) is 0 Å². The standard InChI is InChI=1S/C21H22O11/c22-7-16-17(27)18(28)19(29)21(32-16)31-15-6-10-12(25)4-9(23)5-14(10)30-20(15)8-1-2-11(24)13(26)3-8/h1-6,16-29H,7H2/p+1/t16?,17-,18?,19?,20?,21-/m1/s1. The number of hydrogen-bond donors (Lipinski definition) is 8. The lowest BCUT2D eigenvalue weighted by Crippen LogP contribution is -2.59. The summed E-state index contributed by atoms with van der Waals surface area (Å²) in [7, 11) is 0. The molecular weight excluding hydrogens is 428 g/mol. The van der Waals surface area contributed by atoms with E-state index in [9.17, 15) is 40.9 Å². The Kier molecular flexibility index (Phi) is 5.75. The van der Waals surface area contributed by atoms with Gasteiger partial charge in [-0.3, -0.25) is 0 Å². The molecule has 0 aromatic heterocycles. The summed E-state index contributed by atoms with van der Waals surface area (Å²) in [5.74, 6) is -1.08. The van der Waals surface area contributed by atoms with Gasteiger partial charge in [0.05, 0.1) is 18.2 Å². The Morgan fingerprint density at radius 1 is 0.875 bits per heavy atom. The second kappa shape index (κ2) is 8.37. The summed E-state index contributed by atoms with van der Waals surface area (Å²) < 4.78 is 15.6. The van der Waals surface area contributed by atoms with E-state index in [-0.39, 0.29) is 34.3 Å². The summed E-state index contributed by atoms with van der Waals surface area (Å²) >= 11 is 0. The van der Waals surface area contributed by atoms with Crippen molar-refractivity contribution in [1.82, 2.24) is 0 Å². The molecule has 0 bridgehead atoms. The summed E-state index contributed by atoms with van der Waals surface area (Å²) in [4.78, 5) is 0. The topological polar surface area (TPSA) is 193 Å². The van der Waals surface area contributed by atoms with Crippen LogP contribution >= 0.6 is 0 Å². The van der Waals surface area contributed by atoms with Gasteiger partial charge < -0.3 is 55.1 Å². The number of aromatic hydroxyl groups is 5. The predicted octanol–water partition coefficient (Wildman–Crippen LogP) is -0.337. The summed E-state index contributed by atoms with van der Waals surface area (Å²) in [5, 5.41) is 79.3. The molecule has 0 saturated carbocycles. The number of aliphatic hydroxyl groups is 5. The zero-order valence-corrected chi connectivity index (χ0v) is 16.5. The van der Waals surface area contributed by atoms with E-state index in [1.807, 2.05) is 0 Å². The molecule has 172 valence electrons. The van der Waals surface area contributed by atoms with Gasteiger partial charge in [-0.05, 0) is 18.2 Å². The second-order valence-electron chi connectivity index (χ2n) is 7.54. The third-order valence-corrected chi connectivity index (χ3v) is 5.36. The van der Waals surface area contributed by atoms with Crippen LogP contribution in [0.2, 0.25) is 0 Å². The van der Waals surface area contributed by atoms with E-state index in [0.717, 1.165) is 6.07 Å². The molecule has 2 aliphatic heterocycles. The molecule has 9 N–H and O–H groups in total. The molecule has 0 spiro atoms. The first-order chi connectivity index (χ1) is 15.2. The maximum Gasteiger partial charge on any atom is 0.270 e. The van der Waals surface area contributed by atoms with E-state index >= 15 is 0 Å². The summed E-state index contributed by atoms with van der Waals surface area (Å²) in [6.07, 6.45) is -7.22. The minimum absolute atomic E-state index is 0.0212. The number of benzene rings is 2. The summed E-state index contributed by atoms with van der Waals surface area (Å²) in [6, 6.07) is 6.34. The summed E-state index contributed by atoms with van der Waals surface area (Å²) in [6.45, 7) is -0.646. The third kappa shape index (κ3) is 3.87. The third-order valence-electron chi connectivity index (χ3n) is 5.36. The van der Waals surface area contributed by atoms with Gasteiger partial charge in [-0.2, -0.15) is 0 Å². The Labute approximate surface area is 181 Å². The van der Waals surface area contributed by atoms with Crippen molar-refractivity contribution in [2.24, 2.45) is 0 Å². The van der Waals surface area contributed by atoms with Crippen LogP contribution in [0.15, 0.2) is 36.1 Å². The van der Waals surface area contributed by atoms with Crippen molar-refractivity contribution in [2.45, 2.75) is 36.8 Å². The molecule has 11 heteroatoms. The van der Waals surface area contributed by atoms with Gasteiger partial charge >= 0.3 is 0 Å². The lowest BCUT2D eigenvalue weighted by molar-refractivity contribution is -0.295. The van der Waals surface area contributed by atoms with Gasteiger partial charge in [0, 0.05) is 12.1 Å². The first-order valence-electron chi connectivity index (χ1n) is 9.67. The van der Waals surface area contributed by atoms with Gasteiger partial charge in [0.2, 0.25) is 6.29 Å². The van der Waals surface area contributed by atoms with Crippen LogP contribution < -0.4 is 0 Å². The fourth-order valence-corrected chi connectivity index (χ4v) is 3.63. The van der Waals surface area contributed by atoms with Gasteiger partial charge in [0.15, 0.2) is 17.3 Å². The molecule has 11 nitrogen and oxygen atoms in total. The van der Waals surface area contributed by atoms with E-state index in [2.05, 4.69) is 4.74 Å². The highest BCUT2D eigenvalue weighted by Crippen LogP contribution is 2.46. The fraction of sp³-hybridized carbons (Fsp3) is 0.333. The van der Waals surface area contributed by atoms with Gasteiger partial charge in [-0.25, -0.2) is 0 Å².